The summed E-state index contributed by atoms with van der Waals surface area (Å²) in [6.07, 6.45) is 0. The first kappa shape index (κ1) is 16.0. The van der Waals surface area contributed by atoms with Crippen LogP contribution in [0.1, 0.15) is 5.56 Å². The molecule has 0 heterocycles. The zero-order valence-electron chi connectivity index (χ0n) is 12.6. The summed E-state index contributed by atoms with van der Waals surface area (Å²) >= 11 is 0. The van der Waals surface area contributed by atoms with Gasteiger partial charge in [0, 0.05) is 11.8 Å². The molecule has 0 saturated heterocycles. The molecular formula is C15H18N2O4S. The van der Waals surface area contributed by atoms with Gasteiger partial charge in [0.25, 0.3) is 10.0 Å². The van der Waals surface area contributed by atoms with Crippen molar-refractivity contribution in [2.75, 3.05) is 24.7 Å². The minimum Gasteiger partial charge on any atom is -0.497 e. The third kappa shape index (κ3) is 3.25. The number of sulfonamides is 1. The number of nitrogens with one attached hydrogen (secondary N) is 1. The van der Waals surface area contributed by atoms with Crippen LogP contribution in [0.2, 0.25) is 0 Å². The second kappa shape index (κ2) is 6.15. The van der Waals surface area contributed by atoms with Crippen LogP contribution in [0.5, 0.6) is 11.5 Å². The molecule has 0 bridgehead atoms. The van der Waals surface area contributed by atoms with E-state index in [1.807, 2.05) is 6.92 Å². The zero-order chi connectivity index (χ0) is 16.3. The number of rotatable bonds is 5. The topological polar surface area (TPSA) is 90.7 Å². The molecule has 2 aromatic rings. The van der Waals surface area contributed by atoms with Crippen molar-refractivity contribution in [1.82, 2.24) is 0 Å². The van der Waals surface area contributed by atoms with Crippen LogP contribution in [0.15, 0.2) is 41.3 Å². The van der Waals surface area contributed by atoms with Gasteiger partial charge < -0.3 is 15.2 Å². The van der Waals surface area contributed by atoms with Gasteiger partial charge in [-0.05, 0) is 36.8 Å². The van der Waals surface area contributed by atoms with E-state index in [1.54, 1.807) is 24.3 Å². The Morgan fingerprint density at radius 1 is 1.05 bits per heavy atom. The molecule has 118 valence electrons. The number of ether oxygens (including phenoxy) is 2. The average Bonchev–Trinajstić information content (AvgIpc) is 2.50. The van der Waals surface area contributed by atoms with Crippen molar-refractivity contribution >= 4 is 21.4 Å². The number of anilines is 2. The summed E-state index contributed by atoms with van der Waals surface area (Å²) < 4.78 is 37.6. The molecular weight excluding hydrogens is 304 g/mol. The molecule has 0 aliphatic carbocycles. The second-order valence-corrected chi connectivity index (χ2v) is 6.37. The molecule has 0 radical (unpaired) electrons. The van der Waals surface area contributed by atoms with Crippen molar-refractivity contribution < 1.29 is 17.9 Å². The van der Waals surface area contributed by atoms with Crippen molar-refractivity contribution in [2.24, 2.45) is 0 Å². The number of benzene rings is 2. The minimum absolute atomic E-state index is 0.0912. The van der Waals surface area contributed by atoms with Crippen LogP contribution in [-0.4, -0.2) is 22.6 Å². The van der Waals surface area contributed by atoms with Crippen molar-refractivity contribution in [3.8, 4) is 11.5 Å². The molecule has 0 atom stereocenters. The number of hydrogen-bond acceptors (Lipinski definition) is 5. The normalized spacial score (nSPS) is 11.0. The van der Waals surface area contributed by atoms with Crippen LogP contribution in [0, 0.1) is 6.92 Å². The SMILES string of the molecule is COc1ccc(NS(=O)(=O)c2ccc(C)c(N)c2)c(OC)c1. The quantitative estimate of drug-likeness (QED) is 0.825. The molecule has 0 aliphatic heterocycles. The number of methoxy groups -OCH3 is 2. The van der Waals surface area contributed by atoms with Crippen molar-refractivity contribution in [2.45, 2.75) is 11.8 Å². The van der Waals surface area contributed by atoms with E-state index in [9.17, 15) is 8.42 Å². The molecule has 0 aliphatic rings. The lowest BCUT2D eigenvalue weighted by Crippen LogP contribution is -2.14. The second-order valence-electron chi connectivity index (χ2n) is 4.69. The van der Waals surface area contributed by atoms with Gasteiger partial charge in [0.1, 0.15) is 11.5 Å². The molecule has 22 heavy (non-hydrogen) atoms. The molecule has 0 amide bonds. The summed E-state index contributed by atoms with van der Waals surface area (Å²) in [5.41, 5.74) is 7.33. The highest BCUT2D eigenvalue weighted by Gasteiger charge is 2.17. The van der Waals surface area contributed by atoms with E-state index >= 15 is 0 Å². The molecule has 6 nitrogen and oxygen atoms in total. The van der Waals surface area contributed by atoms with Crippen LogP contribution >= 0.6 is 0 Å². The summed E-state index contributed by atoms with van der Waals surface area (Å²) in [6.45, 7) is 1.81. The third-order valence-corrected chi connectivity index (χ3v) is 4.58. The van der Waals surface area contributed by atoms with Gasteiger partial charge in [-0.15, -0.1) is 0 Å². The van der Waals surface area contributed by atoms with Crippen LogP contribution in [0.3, 0.4) is 0 Å². The van der Waals surface area contributed by atoms with E-state index in [0.717, 1.165) is 5.56 Å². The van der Waals surface area contributed by atoms with E-state index in [1.165, 1.54) is 26.4 Å². The zero-order valence-corrected chi connectivity index (χ0v) is 13.4. The largest absolute Gasteiger partial charge is 0.497 e. The Bertz CT molecular complexity index is 788. The lowest BCUT2D eigenvalue weighted by Gasteiger charge is -2.13. The van der Waals surface area contributed by atoms with Crippen LogP contribution in [0.25, 0.3) is 0 Å². The maximum atomic E-state index is 12.4. The maximum absolute atomic E-state index is 12.4. The highest BCUT2D eigenvalue weighted by atomic mass is 32.2. The number of nitrogens with two attached hydrogens (primary N) is 1. The maximum Gasteiger partial charge on any atom is 0.262 e. The molecule has 2 aromatic carbocycles. The monoisotopic (exact) mass is 322 g/mol. The predicted molar refractivity (Wildman–Crippen MR) is 85.9 cm³/mol. The Labute approximate surface area is 129 Å². The Morgan fingerprint density at radius 3 is 2.36 bits per heavy atom. The number of hydrogen-bond donors (Lipinski definition) is 2. The minimum atomic E-state index is -3.76. The van der Waals surface area contributed by atoms with Gasteiger partial charge in [0.05, 0.1) is 24.8 Å². The Morgan fingerprint density at radius 2 is 1.77 bits per heavy atom. The fourth-order valence-electron chi connectivity index (χ4n) is 1.87. The molecule has 2 rings (SSSR count). The lowest BCUT2D eigenvalue weighted by atomic mass is 10.2. The van der Waals surface area contributed by atoms with Crippen LogP contribution < -0.4 is 19.9 Å². The first-order chi connectivity index (χ1) is 10.4. The number of aryl methyl sites for hydroxylation is 1. The van der Waals surface area contributed by atoms with Gasteiger partial charge >= 0.3 is 0 Å². The summed E-state index contributed by atoms with van der Waals surface area (Å²) in [7, 11) is -0.779. The van der Waals surface area contributed by atoms with Gasteiger partial charge in [-0.3, -0.25) is 4.72 Å². The smallest absolute Gasteiger partial charge is 0.262 e. The van der Waals surface area contributed by atoms with E-state index < -0.39 is 10.0 Å². The fraction of sp³-hybridized carbons (Fsp3) is 0.200. The molecule has 7 heteroatoms. The molecule has 0 spiro atoms. The Hall–Kier alpha value is -2.41. The van der Waals surface area contributed by atoms with E-state index in [0.29, 0.717) is 22.9 Å². The van der Waals surface area contributed by atoms with Gasteiger partial charge in [0.15, 0.2) is 0 Å². The van der Waals surface area contributed by atoms with Gasteiger partial charge in [0.2, 0.25) is 0 Å². The Kier molecular flexibility index (Phi) is 4.46. The first-order valence-electron chi connectivity index (χ1n) is 6.48. The van der Waals surface area contributed by atoms with Crippen molar-refractivity contribution in [3.63, 3.8) is 0 Å². The molecule has 0 saturated carbocycles. The Balaban J connectivity index is 2.38. The third-order valence-electron chi connectivity index (χ3n) is 3.21. The van der Waals surface area contributed by atoms with Gasteiger partial charge in [-0.2, -0.15) is 0 Å². The number of nitrogen functional groups attached to an aromatic ring is 1. The van der Waals surface area contributed by atoms with Crippen LogP contribution in [0.4, 0.5) is 11.4 Å². The van der Waals surface area contributed by atoms with E-state index in [-0.39, 0.29) is 4.90 Å². The summed E-state index contributed by atoms with van der Waals surface area (Å²) in [4.78, 5) is 0.0912. The highest BCUT2D eigenvalue weighted by molar-refractivity contribution is 7.92. The standard InChI is InChI=1S/C15H18N2O4S/c1-10-4-6-12(9-13(10)16)22(18,19)17-14-7-5-11(20-2)8-15(14)21-3/h4-9,17H,16H2,1-3H3. The highest BCUT2D eigenvalue weighted by Crippen LogP contribution is 2.31. The van der Waals surface area contributed by atoms with Crippen molar-refractivity contribution in [1.29, 1.82) is 0 Å². The predicted octanol–water partition coefficient (Wildman–Crippen LogP) is 2.40. The van der Waals surface area contributed by atoms with Crippen LogP contribution in [-0.2, 0) is 10.0 Å². The molecule has 0 fully saturated rings. The van der Waals surface area contributed by atoms with E-state index in [4.69, 9.17) is 15.2 Å². The summed E-state index contributed by atoms with van der Waals surface area (Å²) in [6, 6.07) is 9.41. The fourth-order valence-corrected chi connectivity index (χ4v) is 2.98. The first-order valence-corrected chi connectivity index (χ1v) is 7.96. The lowest BCUT2D eigenvalue weighted by molar-refractivity contribution is 0.395. The van der Waals surface area contributed by atoms with Crippen molar-refractivity contribution in [3.05, 3.63) is 42.0 Å². The van der Waals surface area contributed by atoms with E-state index in [2.05, 4.69) is 4.72 Å². The van der Waals surface area contributed by atoms with Gasteiger partial charge in [-0.1, -0.05) is 6.07 Å². The summed E-state index contributed by atoms with van der Waals surface area (Å²) in [5.74, 6) is 0.933. The van der Waals surface area contributed by atoms with Gasteiger partial charge in [-0.25, -0.2) is 8.42 Å². The molecule has 0 unspecified atom stereocenters. The molecule has 3 N–H and O–H groups in total. The summed E-state index contributed by atoms with van der Waals surface area (Å²) in [5, 5.41) is 0. The molecule has 0 aromatic heterocycles. The average molecular weight is 322 g/mol.